The van der Waals surface area contributed by atoms with Crippen molar-refractivity contribution in [2.24, 2.45) is 0 Å². The maximum absolute atomic E-state index is 5.20. The minimum absolute atomic E-state index is 0.603. The van der Waals surface area contributed by atoms with Crippen molar-refractivity contribution in [3.05, 3.63) is 182 Å². The Hall–Kier alpha value is -7.48. The third kappa shape index (κ3) is 6.07. The van der Waals surface area contributed by atoms with Crippen LogP contribution < -0.4 is 0 Å². The Bertz CT molecular complexity index is 3210. The molecule has 0 saturated carbocycles. The molecule has 0 aliphatic heterocycles. The molecule has 0 bridgehead atoms. The second kappa shape index (κ2) is 13.7. The van der Waals surface area contributed by atoms with Gasteiger partial charge < -0.3 is 0 Å². The predicted octanol–water partition coefficient (Wildman–Crippen LogP) is 12.7. The van der Waals surface area contributed by atoms with Crippen molar-refractivity contribution >= 4 is 53.2 Å². The largest absolute Gasteiger partial charge is 0.254 e. The van der Waals surface area contributed by atoms with E-state index in [1.165, 1.54) is 4.70 Å². The molecule has 0 amide bonds. The molecule has 0 radical (unpaired) electrons. The number of fused-ring (bicyclic) bond motifs is 5. The number of benzene rings is 6. The first-order valence-electron chi connectivity index (χ1n) is 18.8. The number of nitrogens with zero attached hydrogens (tertiary/aromatic N) is 6. The van der Waals surface area contributed by atoms with Gasteiger partial charge in [-0.1, -0.05) is 140 Å². The van der Waals surface area contributed by atoms with E-state index >= 15 is 0 Å². The van der Waals surface area contributed by atoms with Gasteiger partial charge in [0.15, 0.2) is 11.6 Å². The van der Waals surface area contributed by atoms with Gasteiger partial charge in [0.05, 0.1) is 38.7 Å². The summed E-state index contributed by atoms with van der Waals surface area (Å²) in [6.07, 6.45) is 3.80. The Morgan fingerprint density at radius 2 is 0.912 bits per heavy atom. The molecule has 5 aromatic heterocycles. The van der Waals surface area contributed by atoms with E-state index in [2.05, 4.69) is 133 Å². The second-order valence-electron chi connectivity index (χ2n) is 14.0. The molecule has 0 atom stereocenters. The van der Waals surface area contributed by atoms with E-state index in [-0.39, 0.29) is 0 Å². The van der Waals surface area contributed by atoms with Gasteiger partial charge in [0.1, 0.15) is 0 Å². The van der Waals surface area contributed by atoms with Crippen LogP contribution in [0.4, 0.5) is 0 Å². The Balaban J connectivity index is 0.988. The van der Waals surface area contributed by atoms with Crippen LogP contribution in [-0.4, -0.2) is 29.9 Å². The van der Waals surface area contributed by atoms with E-state index in [0.717, 1.165) is 93.4 Å². The quantitative estimate of drug-likeness (QED) is 0.169. The van der Waals surface area contributed by atoms with E-state index in [9.17, 15) is 0 Å². The first-order chi connectivity index (χ1) is 28.2. The zero-order chi connectivity index (χ0) is 37.7. The summed E-state index contributed by atoms with van der Waals surface area (Å²) in [5, 5.41) is 5.51. The first kappa shape index (κ1) is 32.9. The molecule has 7 heteroatoms. The number of hydrogen-bond donors (Lipinski definition) is 0. The number of thiophene rings is 1. The summed E-state index contributed by atoms with van der Waals surface area (Å²) in [7, 11) is 0. The maximum Gasteiger partial charge on any atom is 0.160 e. The number of pyridine rings is 2. The van der Waals surface area contributed by atoms with E-state index in [1.807, 2.05) is 48.8 Å². The fourth-order valence-corrected chi connectivity index (χ4v) is 8.60. The molecule has 11 aromatic rings. The lowest BCUT2D eigenvalue weighted by molar-refractivity contribution is 1.15. The molecule has 0 N–H and O–H groups in total. The summed E-state index contributed by atoms with van der Waals surface area (Å²) in [5.74, 6) is 1.30. The Labute approximate surface area is 331 Å². The van der Waals surface area contributed by atoms with Gasteiger partial charge in [-0.05, 0) is 52.2 Å². The minimum Gasteiger partial charge on any atom is -0.254 e. The van der Waals surface area contributed by atoms with Crippen molar-refractivity contribution in [2.45, 2.75) is 0 Å². The van der Waals surface area contributed by atoms with E-state index in [0.29, 0.717) is 11.6 Å². The van der Waals surface area contributed by atoms with Gasteiger partial charge in [-0.2, -0.15) is 0 Å². The minimum atomic E-state index is 0.603. The third-order valence-electron chi connectivity index (χ3n) is 10.4. The van der Waals surface area contributed by atoms with Crippen LogP contribution in [0, 0.1) is 0 Å². The van der Waals surface area contributed by atoms with Gasteiger partial charge in [-0.3, -0.25) is 9.97 Å². The molecule has 5 heterocycles. The van der Waals surface area contributed by atoms with Crippen molar-refractivity contribution in [1.82, 2.24) is 29.9 Å². The molecule has 0 aliphatic rings. The van der Waals surface area contributed by atoms with Gasteiger partial charge in [-0.15, -0.1) is 11.3 Å². The Morgan fingerprint density at radius 3 is 1.61 bits per heavy atom. The van der Waals surface area contributed by atoms with Crippen molar-refractivity contribution in [3.8, 4) is 67.9 Å². The lowest BCUT2D eigenvalue weighted by atomic mass is 10.0. The molecule has 0 fully saturated rings. The monoisotopic (exact) mass is 746 g/mol. The van der Waals surface area contributed by atoms with Gasteiger partial charge >= 0.3 is 0 Å². The topological polar surface area (TPSA) is 77.3 Å². The molecule has 0 saturated heterocycles. The van der Waals surface area contributed by atoms with Crippen LogP contribution in [-0.2, 0) is 0 Å². The second-order valence-corrected chi connectivity index (χ2v) is 15.0. The molecule has 0 unspecified atom stereocenters. The van der Waals surface area contributed by atoms with Gasteiger partial charge in [-0.25, -0.2) is 19.9 Å². The summed E-state index contributed by atoms with van der Waals surface area (Å²) >= 11 is 1.74. The zero-order valence-corrected chi connectivity index (χ0v) is 31.2. The van der Waals surface area contributed by atoms with Crippen molar-refractivity contribution < 1.29 is 0 Å². The molecular formula is C50H30N6S. The number of aromatic nitrogens is 6. The summed E-state index contributed by atoms with van der Waals surface area (Å²) in [4.78, 5) is 30.2. The highest BCUT2D eigenvalue weighted by molar-refractivity contribution is 7.26. The Kier molecular flexibility index (Phi) is 7.89. The third-order valence-corrected chi connectivity index (χ3v) is 11.5. The van der Waals surface area contributed by atoms with Crippen molar-refractivity contribution in [1.29, 1.82) is 0 Å². The van der Waals surface area contributed by atoms with Crippen LogP contribution in [0.15, 0.2) is 182 Å². The summed E-state index contributed by atoms with van der Waals surface area (Å²) < 4.78 is 2.30. The lowest BCUT2D eigenvalue weighted by Crippen LogP contribution is -1.98. The van der Waals surface area contributed by atoms with Crippen LogP contribution in [0.3, 0.4) is 0 Å². The highest BCUT2D eigenvalue weighted by Crippen LogP contribution is 2.40. The lowest BCUT2D eigenvalue weighted by Gasteiger charge is -2.11. The van der Waals surface area contributed by atoms with E-state index in [4.69, 9.17) is 29.9 Å². The molecular weight excluding hydrogens is 717 g/mol. The van der Waals surface area contributed by atoms with E-state index < -0.39 is 0 Å². The van der Waals surface area contributed by atoms with Crippen LogP contribution in [0.5, 0.6) is 0 Å². The first-order valence-corrected chi connectivity index (χ1v) is 19.6. The zero-order valence-electron chi connectivity index (χ0n) is 30.4. The van der Waals surface area contributed by atoms with Crippen LogP contribution in [0.1, 0.15) is 0 Å². The van der Waals surface area contributed by atoms with Crippen molar-refractivity contribution in [3.63, 3.8) is 0 Å². The fourth-order valence-electron chi connectivity index (χ4n) is 7.45. The molecule has 0 aliphatic carbocycles. The molecule has 57 heavy (non-hydrogen) atoms. The summed E-state index contributed by atoms with van der Waals surface area (Å²) in [5.41, 5.74) is 10.0. The standard InChI is InChI=1S/C50H30N6S/c1-2-11-32(12-3-1)46-48-47(40-19-8-9-20-45(40)57-48)56-50(55-46)37-18-10-17-34(25-37)31-21-23-33(24-22-31)49-53-43(41-26-35-13-4-6-15-38(35)29-51-41)28-44(54-49)42-27-36-14-5-7-16-39(36)30-52-42/h1-30H. The number of rotatable bonds is 6. The van der Waals surface area contributed by atoms with Gasteiger partial charge in [0.2, 0.25) is 0 Å². The SMILES string of the molecule is c1ccc(-c2nc(-c3cccc(-c4ccc(-c5nc(-c6cc7ccccc7cn6)cc(-c6cc7ccccc7cn6)n5)cc4)c3)nc3c2sc2ccccc23)cc1. The maximum atomic E-state index is 5.20. The predicted molar refractivity (Wildman–Crippen MR) is 234 cm³/mol. The Morgan fingerprint density at radius 1 is 0.351 bits per heavy atom. The average molecular weight is 747 g/mol. The smallest absolute Gasteiger partial charge is 0.160 e. The molecule has 6 aromatic carbocycles. The molecule has 0 spiro atoms. The molecule has 266 valence electrons. The van der Waals surface area contributed by atoms with Gasteiger partial charge in [0, 0.05) is 49.9 Å². The highest BCUT2D eigenvalue weighted by Gasteiger charge is 2.18. The van der Waals surface area contributed by atoms with E-state index in [1.54, 1.807) is 11.3 Å². The van der Waals surface area contributed by atoms with Crippen LogP contribution in [0.2, 0.25) is 0 Å². The van der Waals surface area contributed by atoms with Crippen molar-refractivity contribution in [2.75, 3.05) is 0 Å². The highest BCUT2D eigenvalue weighted by atomic mass is 32.1. The van der Waals surface area contributed by atoms with Gasteiger partial charge in [0.25, 0.3) is 0 Å². The average Bonchev–Trinajstić information content (AvgIpc) is 3.67. The molecule has 11 rings (SSSR count). The summed E-state index contributed by atoms with van der Waals surface area (Å²) in [6.45, 7) is 0. The molecule has 6 nitrogen and oxygen atoms in total. The van der Waals surface area contributed by atoms with Crippen LogP contribution in [0.25, 0.3) is 110 Å². The summed E-state index contributed by atoms with van der Waals surface area (Å²) in [6, 6.07) is 58.3. The number of hydrogen-bond acceptors (Lipinski definition) is 7. The fraction of sp³-hybridized carbons (Fsp3) is 0. The normalized spacial score (nSPS) is 11.5. The van der Waals surface area contributed by atoms with Crippen LogP contribution >= 0.6 is 11.3 Å².